The van der Waals surface area contributed by atoms with E-state index in [1.165, 1.54) is 11.3 Å². The number of aromatic nitrogens is 1. The molecule has 0 aliphatic carbocycles. The number of aliphatic hydroxyl groups is 1. The van der Waals surface area contributed by atoms with Crippen molar-refractivity contribution >= 4 is 11.3 Å². The van der Waals surface area contributed by atoms with Gasteiger partial charge in [-0.2, -0.15) is 5.26 Å². The first-order valence-corrected chi connectivity index (χ1v) is 5.19. The number of hydrogen-bond acceptors (Lipinski definition) is 4. The van der Waals surface area contributed by atoms with E-state index in [4.69, 9.17) is 5.26 Å². The maximum absolute atomic E-state index is 9.72. The van der Waals surface area contributed by atoms with Crippen LogP contribution in [0.4, 0.5) is 0 Å². The van der Waals surface area contributed by atoms with Crippen LogP contribution in [0.5, 0.6) is 0 Å². The first-order valence-electron chi connectivity index (χ1n) is 4.25. The van der Waals surface area contributed by atoms with Gasteiger partial charge in [-0.05, 0) is 6.42 Å². The van der Waals surface area contributed by atoms with Crippen LogP contribution >= 0.6 is 11.3 Å². The van der Waals surface area contributed by atoms with E-state index in [0.717, 1.165) is 12.8 Å². The molecule has 1 N–H and O–H groups in total. The Kier molecular flexibility index (Phi) is 3.87. The molecule has 0 spiro atoms. The van der Waals surface area contributed by atoms with Crippen LogP contribution < -0.4 is 0 Å². The van der Waals surface area contributed by atoms with Crippen molar-refractivity contribution in [3.63, 3.8) is 0 Å². The van der Waals surface area contributed by atoms with Gasteiger partial charge in [0.1, 0.15) is 6.10 Å². The molecule has 0 aliphatic heterocycles. The Morgan fingerprint density at radius 2 is 2.54 bits per heavy atom. The molecule has 1 aromatic rings. The van der Waals surface area contributed by atoms with Gasteiger partial charge < -0.3 is 5.11 Å². The Balaban J connectivity index is 2.66. The molecule has 0 aromatic carbocycles. The Hall–Kier alpha value is -0.920. The summed E-state index contributed by atoms with van der Waals surface area (Å²) < 4.78 is 0. The first-order chi connectivity index (χ1) is 6.29. The summed E-state index contributed by atoms with van der Waals surface area (Å²) in [6.45, 7) is 2.00. The number of nitriles is 1. The zero-order valence-corrected chi connectivity index (χ0v) is 8.29. The summed E-state index contributed by atoms with van der Waals surface area (Å²) >= 11 is 1.43. The van der Waals surface area contributed by atoms with Gasteiger partial charge in [-0.3, -0.25) is 0 Å². The number of rotatable bonds is 4. The highest BCUT2D eigenvalue weighted by molar-refractivity contribution is 7.07. The third-order valence-electron chi connectivity index (χ3n) is 1.90. The Morgan fingerprint density at radius 3 is 3.00 bits per heavy atom. The quantitative estimate of drug-likeness (QED) is 0.802. The van der Waals surface area contributed by atoms with E-state index in [1.54, 1.807) is 10.9 Å². The summed E-state index contributed by atoms with van der Waals surface area (Å²) in [5, 5.41) is 20.3. The molecule has 0 saturated heterocycles. The summed E-state index contributed by atoms with van der Waals surface area (Å²) in [5.41, 5.74) is 2.28. The van der Waals surface area contributed by atoms with Crippen LogP contribution in [0.2, 0.25) is 0 Å². The molecule has 0 saturated carbocycles. The molecule has 0 fully saturated rings. The lowest BCUT2D eigenvalue weighted by atomic mass is 9.97. The van der Waals surface area contributed by atoms with Crippen molar-refractivity contribution in [3.05, 3.63) is 16.6 Å². The molecule has 1 heterocycles. The topological polar surface area (TPSA) is 56.9 Å². The van der Waals surface area contributed by atoms with Crippen molar-refractivity contribution in [2.24, 2.45) is 5.92 Å². The van der Waals surface area contributed by atoms with Gasteiger partial charge in [-0.25, -0.2) is 4.98 Å². The van der Waals surface area contributed by atoms with Crippen LogP contribution in [0.15, 0.2) is 10.9 Å². The van der Waals surface area contributed by atoms with Crippen LogP contribution in [-0.2, 0) is 0 Å². The summed E-state index contributed by atoms with van der Waals surface area (Å²) in [6.07, 6.45) is 0.894. The fourth-order valence-electron chi connectivity index (χ4n) is 1.18. The van der Waals surface area contributed by atoms with Crippen LogP contribution in [0, 0.1) is 17.2 Å². The zero-order valence-electron chi connectivity index (χ0n) is 7.47. The van der Waals surface area contributed by atoms with Gasteiger partial charge in [-0.1, -0.05) is 13.3 Å². The molecule has 4 heteroatoms. The van der Waals surface area contributed by atoms with Crippen LogP contribution in [0.3, 0.4) is 0 Å². The first kappa shape index (κ1) is 10.2. The normalized spacial score (nSPS) is 14.8. The Labute approximate surface area is 81.7 Å². The maximum Gasteiger partial charge on any atom is 0.113 e. The van der Waals surface area contributed by atoms with Crippen LogP contribution in [0.1, 0.15) is 31.6 Å². The maximum atomic E-state index is 9.72. The van der Waals surface area contributed by atoms with Gasteiger partial charge in [0.15, 0.2) is 0 Å². The minimum absolute atomic E-state index is 0.327. The molecule has 2 atom stereocenters. The van der Waals surface area contributed by atoms with Gasteiger partial charge in [0.2, 0.25) is 0 Å². The molecule has 13 heavy (non-hydrogen) atoms. The molecule has 1 aromatic heterocycles. The molecule has 0 bridgehead atoms. The highest BCUT2D eigenvalue weighted by Gasteiger charge is 2.20. The van der Waals surface area contributed by atoms with Gasteiger partial charge >= 0.3 is 0 Å². The molecule has 0 radical (unpaired) electrons. The molecule has 2 unspecified atom stereocenters. The summed E-state index contributed by atoms with van der Waals surface area (Å²) in [7, 11) is 0. The second-order valence-electron chi connectivity index (χ2n) is 2.88. The average Bonchev–Trinajstić information content (AvgIpc) is 2.65. The van der Waals surface area contributed by atoms with Crippen molar-refractivity contribution in [2.75, 3.05) is 0 Å². The second-order valence-corrected chi connectivity index (χ2v) is 3.60. The SMILES string of the molecule is CCCC(C#N)C(O)c1cscn1. The monoisotopic (exact) mass is 196 g/mol. The highest BCUT2D eigenvalue weighted by Crippen LogP contribution is 2.24. The van der Waals surface area contributed by atoms with Gasteiger partial charge in [0.05, 0.1) is 23.2 Å². The highest BCUT2D eigenvalue weighted by atomic mass is 32.1. The average molecular weight is 196 g/mol. The van der Waals surface area contributed by atoms with E-state index in [0.29, 0.717) is 5.69 Å². The third-order valence-corrected chi connectivity index (χ3v) is 2.51. The number of hydrogen-bond donors (Lipinski definition) is 1. The lowest BCUT2D eigenvalue weighted by Crippen LogP contribution is -2.10. The molecule has 3 nitrogen and oxygen atoms in total. The molecular weight excluding hydrogens is 184 g/mol. The van der Waals surface area contributed by atoms with Crippen LogP contribution in [-0.4, -0.2) is 10.1 Å². The number of thiazole rings is 1. The lowest BCUT2D eigenvalue weighted by Gasteiger charge is -2.12. The van der Waals surface area contributed by atoms with E-state index in [2.05, 4.69) is 11.1 Å². The van der Waals surface area contributed by atoms with Gasteiger partial charge in [0.25, 0.3) is 0 Å². The van der Waals surface area contributed by atoms with Crippen molar-refractivity contribution in [2.45, 2.75) is 25.9 Å². The number of aliphatic hydroxyl groups excluding tert-OH is 1. The fraction of sp³-hybridized carbons (Fsp3) is 0.556. The summed E-state index contributed by atoms with van der Waals surface area (Å²) in [6, 6.07) is 2.11. The molecule has 0 aliphatic rings. The summed E-state index contributed by atoms with van der Waals surface area (Å²) in [5.74, 6) is -0.327. The Morgan fingerprint density at radius 1 is 1.77 bits per heavy atom. The molecule has 0 amide bonds. The smallest absolute Gasteiger partial charge is 0.113 e. The lowest BCUT2D eigenvalue weighted by molar-refractivity contribution is 0.126. The van der Waals surface area contributed by atoms with Crippen molar-refractivity contribution in [3.8, 4) is 6.07 Å². The largest absolute Gasteiger partial charge is 0.385 e. The molecule has 1 rings (SSSR count). The van der Waals surface area contributed by atoms with Gasteiger partial charge in [0, 0.05) is 5.38 Å². The Bertz CT molecular complexity index is 278. The van der Waals surface area contributed by atoms with E-state index in [9.17, 15) is 5.11 Å². The standard InChI is InChI=1S/C9H12N2OS/c1-2-3-7(4-10)9(12)8-5-13-6-11-8/h5-7,9,12H,2-3H2,1H3. The third kappa shape index (κ3) is 2.51. The van der Waals surface area contributed by atoms with Crippen molar-refractivity contribution in [1.29, 1.82) is 5.26 Å². The summed E-state index contributed by atoms with van der Waals surface area (Å²) in [4.78, 5) is 3.98. The fourth-order valence-corrected chi connectivity index (χ4v) is 1.76. The second kappa shape index (κ2) is 4.95. The minimum atomic E-state index is -0.726. The minimum Gasteiger partial charge on any atom is -0.385 e. The predicted molar refractivity (Wildman–Crippen MR) is 51.1 cm³/mol. The van der Waals surface area contributed by atoms with Crippen molar-refractivity contribution in [1.82, 2.24) is 4.98 Å². The van der Waals surface area contributed by atoms with Crippen LogP contribution in [0.25, 0.3) is 0 Å². The van der Waals surface area contributed by atoms with E-state index >= 15 is 0 Å². The van der Waals surface area contributed by atoms with E-state index < -0.39 is 6.10 Å². The van der Waals surface area contributed by atoms with Gasteiger partial charge in [-0.15, -0.1) is 11.3 Å². The van der Waals surface area contributed by atoms with E-state index in [1.807, 2.05) is 6.92 Å². The van der Waals surface area contributed by atoms with Crippen molar-refractivity contribution < 1.29 is 5.11 Å². The van der Waals surface area contributed by atoms with E-state index in [-0.39, 0.29) is 5.92 Å². The molecular formula is C9H12N2OS. The zero-order chi connectivity index (χ0) is 9.68. The predicted octanol–water partition coefficient (Wildman–Crippen LogP) is 2.12. The molecule has 70 valence electrons. The number of nitrogens with zero attached hydrogens (tertiary/aromatic N) is 2.